The molecule has 0 radical (unpaired) electrons. The molecule has 1 saturated heterocycles. The quantitative estimate of drug-likeness (QED) is 0.849. The SMILES string of the molecule is Fc1ccc([C@@H]2CCNC[C@H]2COc2ccc3c(c2)OCO3)cc1.[Cl-]. The lowest BCUT2D eigenvalue weighted by Gasteiger charge is -2.32. The minimum atomic E-state index is -0.194. The van der Waals surface area contributed by atoms with Crippen LogP contribution in [0.2, 0.25) is 0 Å². The summed E-state index contributed by atoms with van der Waals surface area (Å²) in [6, 6.07) is 12.5. The molecule has 4 rings (SSSR count). The van der Waals surface area contributed by atoms with Gasteiger partial charge in [0.15, 0.2) is 11.5 Å². The van der Waals surface area contributed by atoms with E-state index in [0.717, 1.165) is 36.8 Å². The molecule has 6 heteroatoms. The summed E-state index contributed by atoms with van der Waals surface area (Å²) in [5, 5.41) is 3.43. The first-order chi connectivity index (χ1) is 11.8. The van der Waals surface area contributed by atoms with E-state index < -0.39 is 0 Å². The number of fused-ring (bicyclic) bond motifs is 1. The van der Waals surface area contributed by atoms with Gasteiger partial charge in [-0.1, -0.05) is 12.1 Å². The molecule has 0 unspecified atom stereocenters. The normalized spacial score (nSPS) is 21.5. The van der Waals surface area contributed by atoms with Crippen LogP contribution in [-0.2, 0) is 0 Å². The van der Waals surface area contributed by atoms with Crippen molar-refractivity contribution in [3.8, 4) is 17.2 Å². The van der Waals surface area contributed by atoms with Crippen molar-refractivity contribution < 1.29 is 31.0 Å². The first-order valence-corrected chi connectivity index (χ1v) is 8.28. The third-order valence-corrected chi connectivity index (χ3v) is 4.71. The average Bonchev–Trinajstić information content (AvgIpc) is 3.09. The molecule has 0 saturated carbocycles. The zero-order chi connectivity index (χ0) is 16.4. The second kappa shape index (κ2) is 7.93. The fourth-order valence-corrected chi connectivity index (χ4v) is 3.42. The smallest absolute Gasteiger partial charge is 0.231 e. The molecule has 2 aromatic carbocycles. The van der Waals surface area contributed by atoms with E-state index in [4.69, 9.17) is 14.2 Å². The van der Waals surface area contributed by atoms with Gasteiger partial charge < -0.3 is 31.9 Å². The topological polar surface area (TPSA) is 39.7 Å². The van der Waals surface area contributed by atoms with Gasteiger partial charge in [-0.15, -0.1) is 0 Å². The summed E-state index contributed by atoms with van der Waals surface area (Å²) in [7, 11) is 0. The molecule has 25 heavy (non-hydrogen) atoms. The van der Waals surface area contributed by atoms with E-state index in [2.05, 4.69) is 5.32 Å². The highest BCUT2D eigenvalue weighted by Gasteiger charge is 2.27. The Morgan fingerprint density at radius 3 is 2.72 bits per heavy atom. The van der Waals surface area contributed by atoms with Crippen molar-refractivity contribution in [2.45, 2.75) is 12.3 Å². The summed E-state index contributed by atoms with van der Waals surface area (Å²) in [6.07, 6.45) is 1.03. The predicted octanol–water partition coefficient (Wildman–Crippen LogP) is 0.331. The largest absolute Gasteiger partial charge is 1.00 e. The molecule has 4 nitrogen and oxygen atoms in total. The minimum Gasteiger partial charge on any atom is -1.00 e. The summed E-state index contributed by atoms with van der Waals surface area (Å²) >= 11 is 0. The summed E-state index contributed by atoms with van der Waals surface area (Å²) < 4.78 is 29.9. The van der Waals surface area contributed by atoms with Gasteiger partial charge in [0, 0.05) is 18.5 Å². The van der Waals surface area contributed by atoms with E-state index >= 15 is 0 Å². The fourth-order valence-electron chi connectivity index (χ4n) is 3.42. The van der Waals surface area contributed by atoms with Crippen LogP contribution in [0.4, 0.5) is 4.39 Å². The second-order valence-electron chi connectivity index (χ2n) is 6.24. The predicted molar refractivity (Wildman–Crippen MR) is 88.2 cm³/mol. The Morgan fingerprint density at radius 2 is 1.88 bits per heavy atom. The Kier molecular flexibility index (Phi) is 5.66. The zero-order valence-corrected chi connectivity index (χ0v) is 14.5. The monoisotopic (exact) mass is 364 g/mol. The van der Waals surface area contributed by atoms with Crippen LogP contribution in [0.1, 0.15) is 17.9 Å². The van der Waals surface area contributed by atoms with Crippen molar-refractivity contribution in [1.82, 2.24) is 5.32 Å². The molecule has 0 amide bonds. The molecule has 0 spiro atoms. The maximum atomic E-state index is 13.2. The van der Waals surface area contributed by atoms with Crippen molar-refractivity contribution in [1.29, 1.82) is 0 Å². The van der Waals surface area contributed by atoms with Crippen molar-refractivity contribution in [3.05, 3.63) is 53.8 Å². The van der Waals surface area contributed by atoms with Crippen LogP contribution < -0.4 is 31.9 Å². The Labute approximate surface area is 152 Å². The third kappa shape index (κ3) is 3.99. The summed E-state index contributed by atoms with van der Waals surface area (Å²) in [5.74, 6) is 2.79. The maximum Gasteiger partial charge on any atom is 0.231 e. The number of nitrogens with one attached hydrogen (secondary N) is 1. The third-order valence-electron chi connectivity index (χ3n) is 4.71. The molecule has 0 aromatic heterocycles. The highest BCUT2D eigenvalue weighted by Crippen LogP contribution is 2.36. The van der Waals surface area contributed by atoms with Crippen molar-refractivity contribution in [2.24, 2.45) is 5.92 Å². The van der Waals surface area contributed by atoms with Crippen LogP contribution in [0, 0.1) is 11.7 Å². The molecule has 2 aliphatic heterocycles. The molecule has 1 N–H and O–H groups in total. The molecule has 134 valence electrons. The standard InChI is InChI=1S/C19H20FNO3.ClH/c20-15-3-1-13(2-4-15)17-7-8-21-10-14(17)11-22-16-5-6-18-19(9-16)24-12-23-18;/h1-6,9,14,17,21H,7-8,10-12H2;1H/p-1/t14-,17-;/m0./s1. The Hall–Kier alpha value is -1.98. The maximum absolute atomic E-state index is 13.2. The Morgan fingerprint density at radius 1 is 1.08 bits per heavy atom. The van der Waals surface area contributed by atoms with Gasteiger partial charge in [-0.3, -0.25) is 0 Å². The number of benzene rings is 2. The Bertz CT molecular complexity index is 710. The van der Waals surface area contributed by atoms with Gasteiger partial charge in [0.25, 0.3) is 0 Å². The van der Waals surface area contributed by atoms with Crippen LogP contribution in [0.5, 0.6) is 17.2 Å². The number of piperidine rings is 1. The highest BCUT2D eigenvalue weighted by atomic mass is 35.5. The summed E-state index contributed by atoms with van der Waals surface area (Å²) in [4.78, 5) is 0. The van der Waals surface area contributed by atoms with E-state index in [0.29, 0.717) is 18.4 Å². The van der Waals surface area contributed by atoms with Gasteiger partial charge >= 0.3 is 0 Å². The van der Waals surface area contributed by atoms with E-state index in [1.807, 2.05) is 30.3 Å². The van der Waals surface area contributed by atoms with Gasteiger partial charge in [0.2, 0.25) is 6.79 Å². The number of halogens is 2. The molecule has 2 heterocycles. The van der Waals surface area contributed by atoms with Gasteiger partial charge in [-0.05, 0) is 48.7 Å². The van der Waals surface area contributed by atoms with Crippen LogP contribution in [-0.4, -0.2) is 26.5 Å². The lowest BCUT2D eigenvalue weighted by atomic mass is 9.81. The molecule has 2 aromatic rings. The first-order valence-electron chi connectivity index (χ1n) is 8.28. The number of hydrogen-bond donors (Lipinski definition) is 1. The second-order valence-corrected chi connectivity index (χ2v) is 6.24. The summed E-state index contributed by atoms with van der Waals surface area (Å²) in [6.45, 7) is 2.74. The molecular formula is C19H20ClFNO3-. The molecule has 2 atom stereocenters. The van der Waals surface area contributed by atoms with Gasteiger partial charge in [0.1, 0.15) is 11.6 Å². The van der Waals surface area contributed by atoms with Crippen molar-refractivity contribution >= 4 is 0 Å². The zero-order valence-electron chi connectivity index (χ0n) is 13.7. The molecule has 0 bridgehead atoms. The lowest BCUT2D eigenvalue weighted by molar-refractivity contribution is -0.00000752. The van der Waals surface area contributed by atoms with Crippen LogP contribution >= 0.6 is 0 Å². The molecular weight excluding hydrogens is 345 g/mol. The van der Waals surface area contributed by atoms with E-state index in [9.17, 15) is 4.39 Å². The van der Waals surface area contributed by atoms with Gasteiger partial charge in [-0.2, -0.15) is 0 Å². The van der Waals surface area contributed by atoms with Crippen molar-refractivity contribution in [2.75, 3.05) is 26.5 Å². The van der Waals surface area contributed by atoms with Gasteiger partial charge in [-0.25, -0.2) is 4.39 Å². The molecule has 1 fully saturated rings. The molecule has 2 aliphatic rings. The van der Waals surface area contributed by atoms with Gasteiger partial charge in [0.05, 0.1) is 6.61 Å². The lowest BCUT2D eigenvalue weighted by Crippen LogP contribution is -3.00. The fraction of sp³-hybridized carbons (Fsp3) is 0.368. The minimum absolute atomic E-state index is 0. The van der Waals surface area contributed by atoms with E-state index in [1.54, 1.807) is 0 Å². The van der Waals surface area contributed by atoms with E-state index in [1.165, 1.54) is 17.7 Å². The van der Waals surface area contributed by atoms with Crippen LogP contribution in [0.3, 0.4) is 0 Å². The number of ether oxygens (including phenoxy) is 3. The highest BCUT2D eigenvalue weighted by molar-refractivity contribution is 5.46. The van der Waals surface area contributed by atoms with Crippen molar-refractivity contribution in [3.63, 3.8) is 0 Å². The Balaban J connectivity index is 0.00000182. The summed E-state index contributed by atoms with van der Waals surface area (Å²) in [5.41, 5.74) is 1.18. The van der Waals surface area contributed by atoms with E-state index in [-0.39, 0.29) is 25.0 Å². The number of hydrogen-bond acceptors (Lipinski definition) is 4. The van der Waals surface area contributed by atoms with Crippen LogP contribution in [0.15, 0.2) is 42.5 Å². The van der Waals surface area contributed by atoms with Crippen LogP contribution in [0.25, 0.3) is 0 Å². The average molecular weight is 365 g/mol. The molecule has 0 aliphatic carbocycles. The number of rotatable bonds is 4. The first kappa shape index (κ1) is 17.8.